The molecule has 7 nitrogen and oxygen atoms in total. The minimum Gasteiger partial charge on any atom is -1.00 e. The highest BCUT2D eigenvalue weighted by atomic mass is 35.5. The van der Waals surface area contributed by atoms with Crippen LogP contribution in [0, 0.1) is 0 Å². The van der Waals surface area contributed by atoms with Crippen LogP contribution < -0.4 is 63.9 Å². The number of hydrogen-bond acceptors (Lipinski definition) is 3. The maximum Gasteiger partial charge on any atom is 0.240 e. The average molecular weight is 459 g/mol. The van der Waals surface area contributed by atoms with Crippen LogP contribution >= 0.6 is 0 Å². The molecule has 0 aromatic heterocycles. The van der Waals surface area contributed by atoms with Gasteiger partial charge in [0.1, 0.15) is 0 Å². The normalized spacial score (nSPS) is 10.4. The van der Waals surface area contributed by atoms with Gasteiger partial charge in [0.05, 0.1) is 6.54 Å². The SMILES string of the molecule is NCCCCCCN.NCCCCCC[NH+]=C(N)CCCCCCC(N)=[NH2+].[Cl-].[Cl-]. The van der Waals surface area contributed by atoms with Gasteiger partial charge in [0.25, 0.3) is 0 Å². The van der Waals surface area contributed by atoms with E-state index in [-0.39, 0.29) is 24.8 Å². The van der Waals surface area contributed by atoms with Crippen LogP contribution in [0.3, 0.4) is 0 Å². The van der Waals surface area contributed by atoms with Gasteiger partial charge in [-0.1, -0.05) is 32.1 Å². The van der Waals surface area contributed by atoms with Crippen molar-refractivity contribution in [3.8, 4) is 0 Å². The Morgan fingerprint density at radius 3 is 1.34 bits per heavy atom. The molecule has 0 saturated heterocycles. The minimum atomic E-state index is 0. The Hall–Kier alpha value is -0.600. The molecule has 0 saturated carbocycles. The highest BCUT2D eigenvalue weighted by Gasteiger charge is 2.00. The summed E-state index contributed by atoms with van der Waals surface area (Å²) >= 11 is 0. The molecule has 0 aliphatic rings. The maximum atomic E-state index is 5.92. The van der Waals surface area contributed by atoms with Crippen LogP contribution in [-0.4, -0.2) is 37.9 Å². The van der Waals surface area contributed by atoms with Crippen molar-refractivity contribution in [2.45, 2.75) is 89.9 Å². The largest absolute Gasteiger partial charge is 1.00 e. The van der Waals surface area contributed by atoms with E-state index in [0.717, 1.165) is 77.0 Å². The fourth-order valence-electron chi connectivity index (χ4n) is 2.60. The number of unbranched alkanes of at least 4 members (excludes halogenated alkanes) is 9. The van der Waals surface area contributed by atoms with Crippen LogP contribution in [0.25, 0.3) is 0 Å². The standard InChI is InChI=1S/C14H31N5.C6H16N2.2ClH/c15-11-7-3-4-8-12-19-14(18)10-6-2-1-5-9-13(16)17;7-5-3-1-2-4-6-8;;/h1-12,15H2,(H3,16,17)(H2,18,19);1-8H2;2*1H. The first-order chi connectivity index (χ1) is 13.1. The molecule has 0 heterocycles. The van der Waals surface area contributed by atoms with Crippen molar-refractivity contribution in [3.63, 3.8) is 0 Å². The first-order valence-electron chi connectivity index (χ1n) is 10.9. The van der Waals surface area contributed by atoms with Gasteiger partial charge in [-0.25, -0.2) is 0 Å². The number of amidine groups is 2. The number of nitrogens with two attached hydrogens (primary N) is 6. The third-order valence-corrected chi connectivity index (χ3v) is 4.30. The third kappa shape index (κ3) is 38.6. The van der Waals surface area contributed by atoms with Crippen LogP contribution in [0.5, 0.6) is 0 Å². The number of rotatable bonds is 18. The molecule has 0 aromatic carbocycles. The Labute approximate surface area is 191 Å². The zero-order valence-electron chi connectivity index (χ0n) is 18.4. The Bertz CT molecular complexity index is 337. The molecule has 0 aliphatic carbocycles. The Morgan fingerprint density at radius 2 is 0.931 bits per heavy atom. The molecule has 0 bridgehead atoms. The van der Waals surface area contributed by atoms with Gasteiger partial charge in [0.15, 0.2) is 0 Å². The van der Waals surface area contributed by atoms with Gasteiger partial charge in [-0.05, 0) is 64.6 Å². The summed E-state index contributed by atoms with van der Waals surface area (Å²) in [6.07, 6.45) is 15.9. The maximum absolute atomic E-state index is 5.92. The summed E-state index contributed by atoms with van der Waals surface area (Å²) in [4.78, 5) is 3.29. The lowest BCUT2D eigenvalue weighted by Crippen LogP contribution is -3.00. The second-order valence-corrected chi connectivity index (χ2v) is 7.14. The van der Waals surface area contributed by atoms with Crippen molar-refractivity contribution in [1.29, 1.82) is 0 Å². The lowest BCUT2D eigenvalue weighted by molar-refractivity contribution is -0.460. The summed E-state index contributed by atoms with van der Waals surface area (Å²) in [5.74, 6) is 1.46. The molecule has 0 spiro atoms. The van der Waals surface area contributed by atoms with Crippen LogP contribution in [-0.2, 0) is 0 Å². The molecule has 0 amide bonds. The Morgan fingerprint density at radius 1 is 0.552 bits per heavy atom. The van der Waals surface area contributed by atoms with Gasteiger partial charge in [0, 0.05) is 12.8 Å². The lowest BCUT2D eigenvalue weighted by atomic mass is 10.1. The van der Waals surface area contributed by atoms with Crippen LogP contribution in [0.1, 0.15) is 89.9 Å². The summed E-state index contributed by atoms with van der Waals surface area (Å²) < 4.78 is 0. The number of nitrogens with one attached hydrogen (secondary N) is 1. The van der Waals surface area contributed by atoms with Crippen molar-refractivity contribution < 1.29 is 35.2 Å². The van der Waals surface area contributed by atoms with Crippen LogP contribution in [0.2, 0.25) is 0 Å². The Kier molecular flexibility index (Phi) is 39.6. The molecule has 9 heteroatoms. The molecule has 0 radical (unpaired) electrons. The smallest absolute Gasteiger partial charge is 0.240 e. The Balaban J connectivity index is -0.000000267. The second kappa shape index (κ2) is 32.1. The third-order valence-electron chi connectivity index (χ3n) is 4.30. The van der Waals surface area contributed by atoms with Crippen LogP contribution in [0.15, 0.2) is 0 Å². The van der Waals surface area contributed by atoms with Gasteiger partial charge < -0.3 is 42.0 Å². The summed E-state index contributed by atoms with van der Waals surface area (Å²) in [6, 6.07) is 0. The predicted molar refractivity (Wildman–Crippen MR) is 118 cm³/mol. The first-order valence-corrected chi connectivity index (χ1v) is 10.9. The van der Waals surface area contributed by atoms with Crippen LogP contribution in [0.4, 0.5) is 0 Å². The molecule has 0 rings (SSSR count). The number of halogens is 2. The van der Waals surface area contributed by atoms with Crippen molar-refractivity contribution >= 4 is 11.7 Å². The molecular formula is C20H49Cl2N7. The van der Waals surface area contributed by atoms with E-state index in [1.165, 1.54) is 44.9 Å². The van der Waals surface area contributed by atoms with Crippen molar-refractivity contribution in [2.24, 2.45) is 28.7 Å². The van der Waals surface area contributed by atoms with Gasteiger partial charge in [-0.3, -0.25) is 21.9 Å². The zero-order chi connectivity index (χ0) is 20.6. The summed E-state index contributed by atoms with van der Waals surface area (Å²) in [6.45, 7) is 3.43. The molecule has 29 heavy (non-hydrogen) atoms. The molecule has 0 fully saturated rings. The van der Waals surface area contributed by atoms with E-state index >= 15 is 0 Å². The second-order valence-electron chi connectivity index (χ2n) is 7.14. The van der Waals surface area contributed by atoms with Crippen molar-refractivity contribution in [3.05, 3.63) is 0 Å². The highest BCUT2D eigenvalue weighted by molar-refractivity contribution is 5.74. The minimum absolute atomic E-state index is 0. The van der Waals surface area contributed by atoms with E-state index in [4.69, 9.17) is 34.1 Å². The fourth-order valence-corrected chi connectivity index (χ4v) is 2.60. The molecular weight excluding hydrogens is 409 g/mol. The summed E-state index contributed by atoms with van der Waals surface area (Å²) in [7, 11) is 0. The first kappa shape index (κ1) is 35.8. The van der Waals surface area contributed by atoms with Gasteiger partial charge in [0.2, 0.25) is 11.7 Å². The predicted octanol–water partition coefficient (Wildman–Crippen LogP) is -7.13. The van der Waals surface area contributed by atoms with E-state index in [1.807, 2.05) is 0 Å². The van der Waals surface area contributed by atoms with E-state index in [1.54, 1.807) is 0 Å². The highest BCUT2D eigenvalue weighted by Crippen LogP contribution is 2.03. The monoisotopic (exact) mass is 457 g/mol. The van der Waals surface area contributed by atoms with Crippen molar-refractivity contribution in [2.75, 3.05) is 26.2 Å². The number of hydrogen-bond donors (Lipinski definition) is 7. The van der Waals surface area contributed by atoms with E-state index < -0.39 is 0 Å². The molecule has 0 unspecified atom stereocenters. The molecule has 13 N–H and O–H groups in total. The van der Waals surface area contributed by atoms with Gasteiger partial charge in [-0.2, -0.15) is 0 Å². The molecule has 0 aromatic rings. The molecule has 0 atom stereocenters. The zero-order valence-corrected chi connectivity index (χ0v) is 20.0. The topological polar surface area (TPSA) is 170 Å². The summed E-state index contributed by atoms with van der Waals surface area (Å²) in [5, 5.41) is 5.41. The van der Waals surface area contributed by atoms with Gasteiger partial charge in [-0.15, -0.1) is 0 Å². The molecule has 0 aliphatic heterocycles. The molecule has 178 valence electrons. The van der Waals surface area contributed by atoms with E-state index in [2.05, 4.69) is 4.99 Å². The van der Waals surface area contributed by atoms with E-state index in [0.29, 0.717) is 5.84 Å². The lowest BCUT2D eigenvalue weighted by Gasteiger charge is -1.99. The fraction of sp³-hybridized carbons (Fsp3) is 0.900. The van der Waals surface area contributed by atoms with Crippen molar-refractivity contribution in [1.82, 2.24) is 0 Å². The quantitative estimate of drug-likeness (QED) is 0.0614. The van der Waals surface area contributed by atoms with E-state index in [9.17, 15) is 0 Å². The summed E-state index contributed by atoms with van der Waals surface area (Å²) in [5.41, 5.74) is 27.3. The average Bonchev–Trinajstić information content (AvgIpc) is 2.65. The van der Waals surface area contributed by atoms with Gasteiger partial charge >= 0.3 is 0 Å².